The number of nitrogens with zero attached hydrogens (tertiary/aromatic N) is 4. The fraction of sp³-hybridized carbons (Fsp3) is 0. The second-order valence-electron chi connectivity index (χ2n) is 12.4. The summed E-state index contributed by atoms with van der Waals surface area (Å²) < 4.78 is 14.6. The van der Waals surface area contributed by atoms with Gasteiger partial charge in [0.15, 0.2) is 0 Å². The Hall–Kier alpha value is -6.03. The predicted octanol–water partition coefficient (Wildman–Crippen LogP) is 11.1. The molecule has 7 aromatic carbocycles. The molecule has 0 N–H and O–H groups in total. The Labute approximate surface area is 298 Å². The van der Waals surface area contributed by atoms with Gasteiger partial charge in [-0.25, -0.2) is 0 Å². The van der Waals surface area contributed by atoms with E-state index in [0.717, 1.165) is 76.2 Å². The number of benzene rings is 7. The van der Waals surface area contributed by atoms with Gasteiger partial charge >= 0.3 is 223 Å². The van der Waals surface area contributed by atoms with Crippen LogP contribution < -0.4 is 4.74 Å². The molecule has 0 aliphatic heterocycles. The number of hydrogen-bond acceptors (Lipinski definition) is 2. The summed E-state index contributed by atoms with van der Waals surface area (Å²) in [5.41, 5.74) is 7.54. The molecule has 0 fully saturated rings. The molecule has 6 heteroatoms. The van der Waals surface area contributed by atoms with Crippen molar-refractivity contribution in [3.8, 4) is 28.7 Å². The molecule has 10 aromatic rings. The maximum absolute atomic E-state index is 6.68. The van der Waals surface area contributed by atoms with Gasteiger partial charge in [-0.3, -0.25) is 0 Å². The van der Waals surface area contributed by atoms with Crippen LogP contribution in [0, 0.1) is 3.80 Å². The van der Waals surface area contributed by atoms with Crippen LogP contribution in [-0.2, 0) is 19.4 Å². The van der Waals surface area contributed by atoms with E-state index in [9.17, 15) is 0 Å². The first-order chi connectivity index (χ1) is 24.7. The number of ether oxygens (including phenoxy) is 1. The number of para-hydroxylation sites is 5. The number of rotatable bonds is 5. The Morgan fingerprint density at radius 3 is 1.78 bits per heavy atom. The average molecular weight is 824 g/mol. The topological polar surface area (TPSA) is 36.9 Å². The molecule has 0 saturated carbocycles. The Morgan fingerprint density at radius 1 is 0.400 bits per heavy atom. The fourth-order valence-electron chi connectivity index (χ4n) is 7.30. The van der Waals surface area contributed by atoms with Gasteiger partial charge in [0.2, 0.25) is 0 Å². The molecule has 3 aromatic heterocycles. The molecular weight excluding hydrogens is 796 g/mol. The van der Waals surface area contributed by atoms with Crippen molar-refractivity contribution in [1.82, 2.24) is 18.7 Å². The van der Waals surface area contributed by atoms with Crippen molar-refractivity contribution in [1.29, 1.82) is 0 Å². The van der Waals surface area contributed by atoms with E-state index in [1.807, 2.05) is 6.07 Å². The molecule has 0 radical (unpaired) electrons. The van der Waals surface area contributed by atoms with Gasteiger partial charge in [-0.2, -0.15) is 0 Å². The molecule has 0 aliphatic rings. The van der Waals surface area contributed by atoms with Crippen molar-refractivity contribution >= 4 is 54.5 Å². The van der Waals surface area contributed by atoms with Gasteiger partial charge in [-0.15, -0.1) is 0 Å². The Kier molecular flexibility index (Phi) is 6.68. The normalized spacial score (nSPS) is 11.7. The quantitative estimate of drug-likeness (QED) is 0.162. The number of aromatic nitrogens is 4. The van der Waals surface area contributed by atoms with Gasteiger partial charge in [0.1, 0.15) is 0 Å². The summed E-state index contributed by atoms with van der Waals surface area (Å²) in [6.45, 7) is 0. The molecule has 0 spiro atoms. The van der Waals surface area contributed by atoms with Crippen LogP contribution >= 0.6 is 0 Å². The molecule has 3 heterocycles. The van der Waals surface area contributed by atoms with Crippen molar-refractivity contribution in [2.45, 2.75) is 0 Å². The molecule has 5 nitrogen and oxygen atoms in total. The van der Waals surface area contributed by atoms with Crippen molar-refractivity contribution in [2.24, 2.45) is 0 Å². The van der Waals surface area contributed by atoms with Crippen LogP contribution in [0.4, 0.5) is 0 Å². The number of hydrogen-bond donors (Lipinski definition) is 0. The summed E-state index contributed by atoms with van der Waals surface area (Å²) in [6, 6.07) is 59.2. The van der Waals surface area contributed by atoms with Gasteiger partial charge < -0.3 is 0 Å². The van der Waals surface area contributed by atoms with Gasteiger partial charge in [-0.05, 0) is 11.5 Å². The van der Waals surface area contributed by atoms with Crippen molar-refractivity contribution in [3.05, 3.63) is 174 Å². The third kappa shape index (κ3) is 4.51. The fourth-order valence-corrected chi connectivity index (χ4v) is 8.43. The van der Waals surface area contributed by atoms with Crippen molar-refractivity contribution in [3.63, 3.8) is 0 Å². The second kappa shape index (κ2) is 11.5. The molecular formula is C44H28N4OPt. The average Bonchev–Trinajstić information content (AvgIpc) is 3.65. The van der Waals surface area contributed by atoms with Crippen LogP contribution in [0.15, 0.2) is 170 Å². The molecule has 0 bridgehead atoms. The van der Waals surface area contributed by atoms with Gasteiger partial charge in [0, 0.05) is 5.39 Å². The molecule has 50 heavy (non-hydrogen) atoms. The van der Waals surface area contributed by atoms with E-state index in [0.29, 0.717) is 0 Å². The zero-order chi connectivity index (χ0) is 33.2. The third-order valence-electron chi connectivity index (χ3n) is 9.48. The summed E-state index contributed by atoms with van der Waals surface area (Å²) in [7, 11) is 0. The molecule has 10 rings (SSSR count). The van der Waals surface area contributed by atoms with E-state index in [1.165, 1.54) is 10.8 Å². The van der Waals surface area contributed by atoms with Crippen LogP contribution in [0.1, 0.15) is 0 Å². The summed E-state index contributed by atoms with van der Waals surface area (Å²) in [6.07, 6.45) is 0. The van der Waals surface area contributed by atoms with Crippen molar-refractivity contribution in [2.75, 3.05) is 0 Å². The Balaban J connectivity index is 1.12. The van der Waals surface area contributed by atoms with Crippen LogP contribution in [-0.4, -0.2) is 18.7 Å². The van der Waals surface area contributed by atoms with Crippen LogP contribution in [0.3, 0.4) is 0 Å². The van der Waals surface area contributed by atoms with E-state index in [1.54, 1.807) is 0 Å². The maximum atomic E-state index is 6.68. The SMILES string of the molecule is [Pt]=[c]1n(-c2ccccc2)c2ccccc2n1-c1cccc(Oc2ccc3c4ccccc4n(-c4nc5ccccc5c5ccccc45)c3c2)c1. The minimum absolute atomic E-state index is 0.760. The summed E-state index contributed by atoms with van der Waals surface area (Å²) >= 11 is 2.43. The zero-order valence-corrected chi connectivity index (χ0v) is 29.0. The second-order valence-corrected chi connectivity index (χ2v) is 13.4. The molecule has 0 saturated heterocycles. The van der Waals surface area contributed by atoms with Crippen molar-refractivity contribution < 1.29 is 24.1 Å². The molecule has 240 valence electrons. The van der Waals surface area contributed by atoms with Crippen LogP contribution in [0.2, 0.25) is 0 Å². The van der Waals surface area contributed by atoms with E-state index in [-0.39, 0.29) is 0 Å². The molecule has 0 atom stereocenters. The Bertz CT molecular complexity index is 2990. The predicted molar refractivity (Wildman–Crippen MR) is 200 cm³/mol. The first kappa shape index (κ1) is 28.9. The number of pyridine rings is 1. The minimum atomic E-state index is 0.760. The van der Waals surface area contributed by atoms with Gasteiger partial charge in [0.05, 0.1) is 5.52 Å². The first-order valence-electron chi connectivity index (χ1n) is 16.6. The van der Waals surface area contributed by atoms with Crippen LogP contribution in [0.25, 0.3) is 71.7 Å². The van der Waals surface area contributed by atoms with E-state index in [2.05, 4.69) is 197 Å². The summed E-state index contributed by atoms with van der Waals surface area (Å²) in [5.74, 6) is 2.43. The van der Waals surface area contributed by atoms with E-state index >= 15 is 0 Å². The standard InChI is InChI=1S/C44H28N4O.Pt/c1-2-13-30(14-3-1)46-29-47(42-24-11-10-23-41(42)46)31-15-12-16-32(27-31)49-33-25-26-37-36-19-7-9-22-40(36)48(43(37)28-33)44-38-20-5-4-17-34(38)35-18-6-8-21-39(35)45-44;/h1-28H;. The molecule has 0 aliphatic carbocycles. The molecule has 0 amide bonds. The number of fused-ring (bicyclic) bond motifs is 7. The van der Waals surface area contributed by atoms with Gasteiger partial charge in [-0.1, -0.05) is 54.6 Å². The van der Waals surface area contributed by atoms with E-state index < -0.39 is 0 Å². The van der Waals surface area contributed by atoms with E-state index in [4.69, 9.17) is 9.72 Å². The summed E-state index contributed by atoms with van der Waals surface area (Å²) in [5, 5.41) is 5.77. The molecule has 0 unspecified atom stereocenters. The monoisotopic (exact) mass is 823 g/mol. The van der Waals surface area contributed by atoms with Gasteiger partial charge in [0.25, 0.3) is 0 Å². The zero-order valence-electron chi connectivity index (χ0n) is 26.7. The first-order valence-corrected chi connectivity index (χ1v) is 17.7. The number of imidazole rings is 1. The summed E-state index contributed by atoms with van der Waals surface area (Å²) in [4.78, 5) is 5.28. The Morgan fingerprint density at radius 2 is 0.980 bits per heavy atom. The third-order valence-corrected chi connectivity index (χ3v) is 10.5. The van der Waals surface area contributed by atoms with Crippen LogP contribution in [0.5, 0.6) is 11.5 Å².